The second-order valence-corrected chi connectivity index (χ2v) is 3.71. The Balaban J connectivity index is 1.89. The van der Waals surface area contributed by atoms with Crippen molar-refractivity contribution in [3.05, 3.63) is 0 Å². The monoisotopic (exact) mass is 171 g/mol. The minimum Gasteiger partial charge on any atom is -0.391 e. The molecule has 1 N–H and O–H groups in total. The fourth-order valence-corrected chi connectivity index (χ4v) is 2.26. The molecule has 0 unspecified atom stereocenters. The van der Waals surface area contributed by atoms with Gasteiger partial charge in [-0.15, -0.1) is 0 Å². The van der Waals surface area contributed by atoms with Crippen LogP contribution in [-0.2, 0) is 4.74 Å². The lowest BCUT2D eigenvalue weighted by Gasteiger charge is -2.33. The van der Waals surface area contributed by atoms with Crippen LogP contribution in [0, 0.1) is 0 Å². The van der Waals surface area contributed by atoms with Crippen LogP contribution in [0.3, 0.4) is 0 Å². The molecular formula is C9H17NO2. The third-order valence-electron chi connectivity index (χ3n) is 2.96. The normalized spacial score (nSPS) is 38.8. The van der Waals surface area contributed by atoms with Gasteiger partial charge in [0.05, 0.1) is 19.3 Å². The fourth-order valence-electron chi connectivity index (χ4n) is 2.26. The average Bonchev–Trinajstić information content (AvgIpc) is 2.53. The summed E-state index contributed by atoms with van der Waals surface area (Å²) in [5, 5.41) is 9.66. The summed E-state index contributed by atoms with van der Waals surface area (Å²) in [6.45, 7) is 3.68. The predicted octanol–water partition coefficient (Wildman–Crippen LogP) is 0.232. The maximum atomic E-state index is 9.66. The number of morpholine rings is 1. The largest absolute Gasteiger partial charge is 0.391 e. The summed E-state index contributed by atoms with van der Waals surface area (Å²) in [5.41, 5.74) is 0. The van der Waals surface area contributed by atoms with Crippen molar-refractivity contribution in [1.29, 1.82) is 0 Å². The Morgan fingerprint density at radius 2 is 1.92 bits per heavy atom. The first kappa shape index (κ1) is 8.48. The molecule has 0 amide bonds. The number of hydrogen-bond donors (Lipinski definition) is 1. The zero-order chi connectivity index (χ0) is 8.39. The molecule has 0 spiro atoms. The molecule has 1 saturated heterocycles. The summed E-state index contributed by atoms with van der Waals surface area (Å²) in [6, 6.07) is 0.425. The smallest absolute Gasteiger partial charge is 0.0695 e. The molecule has 12 heavy (non-hydrogen) atoms. The van der Waals surface area contributed by atoms with Crippen molar-refractivity contribution in [1.82, 2.24) is 4.90 Å². The minimum atomic E-state index is -0.0805. The maximum Gasteiger partial charge on any atom is 0.0695 e. The van der Waals surface area contributed by atoms with Crippen molar-refractivity contribution in [2.24, 2.45) is 0 Å². The van der Waals surface area contributed by atoms with Crippen molar-refractivity contribution >= 4 is 0 Å². The molecule has 2 atom stereocenters. The van der Waals surface area contributed by atoms with Gasteiger partial charge in [-0.05, 0) is 19.3 Å². The van der Waals surface area contributed by atoms with E-state index >= 15 is 0 Å². The quantitative estimate of drug-likeness (QED) is 0.613. The Hall–Kier alpha value is -0.120. The number of aliphatic hydroxyl groups excluding tert-OH is 1. The van der Waals surface area contributed by atoms with Crippen molar-refractivity contribution in [3.63, 3.8) is 0 Å². The molecule has 1 saturated carbocycles. The number of rotatable bonds is 1. The highest BCUT2D eigenvalue weighted by Crippen LogP contribution is 2.24. The van der Waals surface area contributed by atoms with E-state index in [1.807, 2.05) is 0 Å². The van der Waals surface area contributed by atoms with Crippen LogP contribution in [0.4, 0.5) is 0 Å². The Morgan fingerprint density at radius 3 is 2.50 bits per heavy atom. The van der Waals surface area contributed by atoms with E-state index < -0.39 is 0 Å². The van der Waals surface area contributed by atoms with E-state index in [1.165, 1.54) is 12.8 Å². The van der Waals surface area contributed by atoms with Gasteiger partial charge in [0.25, 0.3) is 0 Å². The van der Waals surface area contributed by atoms with E-state index in [9.17, 15) is 5.11 Å². The van der Waals surface area contributed by atoms with Gasteiger partial charge in [0, 0.05) is 19.1 Å². The van der Waals surface area contributed by atoms with Crippen LogP contribution >= 0.6 is 0 Å². The molecule has 1 aliphatic heterocycles. The van der Waals surface area contributed by atoms with Crippen LogP contribution in [0.5, 0.6) is 0 Å². The molecule has 3 nitrogen and oxygen atoms in total. The maximum absolute atomic E-state index is 9.66. The Labute approximate surface area is 73.3 Å². The summed E-state index contributed by atoms with van der Waals surface area (Å²) in [6.07, 6.45) is 3.26. The van der Waals surface area contributed by atoms with E-state index in [2.05, 4.69) is 4.90 Å². The number of ether oxygens (including phenoxy) is 1. The third kappa shape index (κ3) is 1.63. The lowest BCUT2D eigenvalue weighted by atomic mass is 10.1. The molecule has 0 radical (unpaired) electrons. The van der Waals surface area contributed by atoms with Gasteiger partial charge in [0.15, 0.2) is 0 Å². The Bertz CT molecular complexity index is 145. The summed E-state index contributed by atoms with van der Waals surface area (Å²) in [7, 11) is 0. The van der Waals surface area contributed by atoms with Gasteiger partial charge < -0.3 is 9.84 Å². The van der Waals surface area contributed by atoms with Gasteiger partial charge in [-0.2, -0.15) is 0 Å². The highest BCUT2D eigenvalue weighted by molar-refractivity contribution is 4.85. The molecule has 70 valence electrons. The highest BCUT2D eigenvalue weighted by Gasteiger charge is 2.31. The van der Waals surface area contributed by atoms with Crippen LogP contribution in [-0.4, -0.2) is 48.5 Å². The van der Waals surface area contributed by atoms with E-state index in [4.69, 9.17) is 4.74 Å². The third-order valence-corrected chi connectivity index (χ3v) is 2.96. The standard InChI is InChI=1S/C9H17NO2/c11-9-3-1-2-8(9)10-4-6-12-7-5-10/h8-9,11H,1-7H2/t8-,9-/m1/s1. The van der Waals surface area contributed by atoms with E-state index in [0.717, 1.165) is 32.7 Å². The van der Waals surface area contributed by atoms with Crippen LogP contribution in [0.2, 0.25) is 0 Å². The molecule has 0 bridgehead atoms. The molecule has 2 fully saturated rings. The van der Waals surface area contributed by atoms with Gasteiger partial charge in [0.1, 0.15) is 0 Å². The minimum absolute atomic E-state index is 0.0805. The van der Waals surface area contributed by atoms with Crippen molar-refractivity contribution < 1.29 is 9.84 Å². The summed E-state index contributed by atoms with van der Waals surface area (Å²) >= 11 is 0. The first-order valence-electron chi connectivity index (χ1n) is 4.88. The van der Waals surface area contributed by atoms with E-state index in [-0.39, 0.29) is 6.10 Å². The second-order valence-electron chi connectivity index (χ2n) is 3.71. The number of hydrogen-bond acceptors (Lipinski definition) is 3. The van der Waals surface area contributed by atoms with Gasteiger partial charge in [-0.3, -0.25) is 4.90 Å². The molecule has 2 aliphatic rings. The molecule has 1 heterocycles. The molecule has 3 heteroatoms. The topological polar surface area (TPSA) is 32.7 Å². The second kappa shape index (κ2) is 3.73. The van der Waals surface area contributed by atoms with Crippen molar-refractivity contribution in [3.8, 4) is 0 Å². The molecule has 2 rings (SSSR count). The Morgan fingerprint density at radius 1 is 1.17 bits per heavy atom. The van der Waals surface area contributed by atoms with E-state index in [0.29, 0.717) is 6.04 Å². The summed E-state index contributed by atoms with van der Waals surface area (Å²) in [4.78, 5) is 2.38. The fraction of sp³-hybridized carbons (Fsp3) is 1.00. The molecule has 0 aromatic rings. The lowest BCUT2D eigenvalue weighted by Crippen LogP contribution is -2.46. The lowest BCUT2D eigenvalue weighted by molar-refractivity contribution is -0.0113. The van der Waals surface area contributed by atoms with Gasteiger partial charge in [-0.1, -0.05) is 0 Å². The number of nitrogens with zero attached hydrogens (tertiary/aromatic N) is 1. The zero-order valence-corrected chi connectivity index (χ0v) is 7.41. The molecule has 1 aliphatic carbocycles. The van der Waals surface area contributed by atoms with Crippen molar-refractivity contribution in [2.75, 3.05) is 26.3 Å². The summed E-state index contributed by atoms with van der Waals surface area (Å²) < 4.78 is 5.27. The van der Waals surface area contributed by atoms with Gasteiger partial charge in [-0.25, -0.2) is 0 Å². The van der Waals surface area contributed by atoms with Crippen LogP contribution in [0.1, 0.15) is 19.3 Å². The van der Waals surface area contributed by atoms with Crippen molar-refractivity contribution in [2.45, 2.75) is 31.4 Å². The Kier molecular flexibility index (Phi) is 2.63. The number of aliphatic hydroxyl groups is 1. The van der Waals surface area contributed by atoms with Gasteiger partial charge in [0.2, 0.25) is 0 Å². The predicted molar refractivity (Wildman–Crippen MR) is 46.0 cm³/mol. The van der Waals surface area contributed by atoms with E-state index in [1.54, 1.807) is 0 Å². The molecule has 0 aromatic heterocycles. The van der Waals surface area contributed by atoms with Gasteiger partial charge >= 0.3 is 0 Å². The first-order chi connectivity index (χ1) is 5.88. The SMILES string of the molecule is O[C@@H]1CCC[C@H]1N1CCOCC1. The molecule has 0 aromatic carbocycles. The highest BCUT2D eigenvalue weighted by atomic mass is 16.5. The first-order valence-corrected chi connectivity index (χ1v) is 4.88. The average molecular weight is 171 g/mol. The molecular weight excluding hydrogens is 154 g/mol. The van der Waals surface area contributed by atoms with Crippen LogP contribution in [0.25, 0.3) is 0 Å². The van der Waals surface area contributed by atoms with Crippen LogP contribution < -0.4 is 0 Å². The zero-order valence-electron chi connectivity index (χ0n) is 7.41. The summed E-state index contributed by atoms with van der Waals surface area (Å²) in [5.74, 6) is 0. The van der Waals surface area contributed by atoms with Crippen LogP contribution in [0.15, 0.2) is 0 Å².